The third-order valence-corrected chi connectivity index (χ3v) is 2.24. The molecule has 0 aliphatic rings. The van der Waals surface area contributed by atoms with Gasteiger partial charge in [-0.05, 0) is 18.2 Å². The van der Waals surface area contributed by atoms with Crippen molar-refractivity contribution in [2.75, 3.05) is 24.7 Å². The highest BCUT2D eigenvalue weighted by Gasteiger charge is 2.06. The molecular formula is C11H13N3O3. The molecule has 0 saturated carbocycles. The number of nitrogens with one attached hydrogen (secondary N) is 1. The second kappa shape index (κ2) is 4.73. The fourth-order valence-corrected chi connectivity index (χ4v) is 1.39. The highest BCUT2D eigenvalue weighted by atomic mass is 16.5. The number of methoxy groups -OCH3 is 1. The molecule has 0 fully saturated rings. The summed E-state index contributed by atoms with van der Waals surface area (Å²) < 4.78 is 9.92. The molecule has 17 heavy (non-hydrogen) atoms. The summed E-state index contributed by atoms with van der Waals surface area (Å²) in [5, 5.41) is 2.90. The van der Waals surface area contributed by atoms with Crippen molar-refractivity contribution in [3.8, 4) is 0 Å². The van der Waals surface area contributed by atoms with E-state index in [0.717, 1.165) is 0 Å². The molecular weight excluding hydrogens is 222 g/mol. The summed E-state index contributed by atoms with van der Waals surface area (Å²) in [6.45, 7) is 0.412. The van der Waals surface area contributed by atoms with Crippen molar-refractivity contribution in [3.63, 3.8) is 0 Å². The lowest BCUT2D eigenvalue weighted by Crippen LogP contribution is -2.09. The molecule has 0 atom stereocenters. The molecule has 90 valence electrons. The number of nitrogens with two attached hydrogens (primary N) is 1. The Hall–Kier alpha value is -2.24. The average molecular weight is 235 g/mol. The Bertz CT molecular complexity index is 536. The van der Waals surface area contributed by atoms with Crippen LogP contribution in [0.5, 0.6) is 0 Å². The van der Waals surface area contributed by atoms with Gasteiger partial charge < -0.3 is 20.2 Å². The Morgan fingerprint density at radius 3 is 3.18 bits per heavy atom. The van der Waals surface area contributed by atoms with E-state index in [0.29, 0.717) is 29.3 Å². The van der Waals surface area contributed by atoms with Gasteiger partial charge in [-0.2, -0.15) is 4.98 Å². The number of fused-ring (bicyclic) bond motifs is 1. The van der Waals surface area contributed by atoms with Crippen LogP contribution in [-0.2, 0) is 9.53 Å². The van der Waals surface area contributed by atoms with Gasteiger partial charge >= 0.3 is 5.97 Å². The van der Waals surface area contributed by atoms with E-state index in [1.807, 2.05) is 0 Å². The SMILES string of the molecule is COC(=O)CCNc1nc2cc(N)ccc2o1. The zero-order chi connectivity index (χ0) is 12.3. The average Bonchev–Trinajstić information content (AvgIpc) is 2.70. The molecule has 0 radical (unpaired) electrons. The van der Waals surface area contributed by atoms with Crippen LogP contribution in [0.1, 0.15) is 6.42 Å². The van der Waals surface area contributed by atoms with Crippen molar-refractivity contribution in [2.45, 2.75) is 6.42 Å². The zero-order valence-electron chi connectivity index (χ0n) is 9.40. The van der Waals surface area contributed by atoms with Gasteiger partial charge in [0, 0.05) is 12.2 Å². The lowest BCUT2D eigenvalue weighted by Gasteiger charge is -1.99. The maximum absolute atomic E-state index is 10.9. The van der Waals surface area contributed by atoms with E-state index in [1.54, 1.807) is 18.2 Å². The van der Waals surface area contributed by atoms with Crippen molar-refractivity contribution in [3.05, 3.63) is 18.2 Å². The molecule has 0 saturated heterocycles. The van der Waals surface area contributed by atoms with Gasteiger partial charge in [0.15, 0.2) is 5.58 Å². The molecule has 0 spiro atoms. The highest BCUT2D eigenvalue weighted by molar-refractivity contribution is 5.78. The molecule has 0 aliphatic heterocycles. The Morgan fingerprint density at radius 1 is 1.59 bits per heavy atom. The Balaban J connectivity index is 2.02. The van der Waals surface area contributed by atoms with E-state index in [2.05, 4.69) is 15.0 Å². The smallest absolute Gasteiger partial charge is 0.307 e. The van der Waals surface area contributed by atoms with E-state index in [1.165, 1.54) is 7.11 Å². The van der Waals surface area contributed by atoms with Crippen LogP contribution < -0.4 is 11.1 Å². The number of nitrogens with zero attached hydrogens (tertiary/aromatic N) is 1. The molecule has 0 unspecified atom stereocenters. The van der Waals surface area contributed by atoms with Gasteiger partial charge in [-0.25, -0.2) is 0 Å². The Labute approximate surface area is 97.8 Å². The van der Waals surface area contributed by atoms with Crippen LogP contribution >= 0.6 is 0 Å². The van der Waals surface area contributed by atoms with Crippen molar-refractivity contribution < 1.29 is 13.9 Å². The van der Waals surface area contributed by atoms with Crippen LogP contribution in [0.25, 0.3) is 11.1 Å². The number of carbonyl (C=O) groups excluding carboxylic acids is 1. The number of benzene rings is 1. The van der Waals surface area contributed by atoms with Crippen LogP contribution in [0.3, 0.4) is 0 Å². The summed E-state index contributed by atoms with van der Waals surface area (Å²) in [6, 6.07) is 5.59. The van der Waals surface area contributed by atoms with E-state index in [-0.39, 0.29) is 12.4 Å². The first-order valence-corrected chi connectivity index (χ1v) is 5.16. The van der Waals surface area contributed by atoms with Crippen LogP contribution in [0.4, 0.5) is 11.7 Å². The maximum Gasteiger partial charge on any atom is 0.307 e. The van der Waals surface area contributed by atoms with Crippen LogP contribution in [0.2, 0.25) is 0 Å². The number of hydrogen-bond acceptors (Lipinski definition) is 6. The van der Waals surface area contributed by atoms with E-state index >= 15 is 0 Å². The first-order valence-electron chi connectivity index (χ1n) is 5.16. The fraction of sp³-hybridized carbons (Fsp3) is 0.273. The first-order chi connectivity index (χ1) is 8.19. The van der Waals surface area contributed by atoms with Crippen molar-refractivity contribution in [1.82, 2.24) is 4.98 Å². The first kappa shape index (κ1) is 11.3. The number of ether oxygens (including phenoxy) is 1. The second-order valence-corrected chi connectivity index (χ2v) is 3.50. The molecule has 1 aromatic carbocycles. The third kappa shape index (κ3) is 2.66. The summed E-state index contributed by atoms with van der Waals surface area (Å²) in [4.78, 5) is 15.1. The summed E-state index contributed by atoms with van der Waals surface area (Å²) in [5.41, 5.74) is 7.60. The second-order valence-electron chi connectivity index (χ2n) is 3.50. The van der Waals surface area contributed by atoms with Crippen molar-refractivity contribution >= 4 is 28.8 Å². The lowest BCUT2D eigenvalue weighted by molar-refractivity contribution is -0.140. The number of aromatic nitrogens is 1. The normalized spacial score (nSPS) is 10.4. The minimum Gasteiger partial charge on any atom is -0.469 e. The predicted molar refractivity (Wildman–Crippen MR) is 63.5 cm³/mol. The zero-order valence-corrected chi connectivity index (χ0v) is 9.40. The largest absolute Gasteiger partial charge is 0.469 e. The Kier molecular flexibility index (Phi) is 3.13. The predicted octanol–water partition coefficient (Wildman–Crippen LogP) is 1.38. The quantitative estimate of drug-likeness (QED) is 0.614. The fourth-order valence-electron chi connectivity index (χ4n) is 1.39. The highest BCUT2D eigenvalue weighted by Crippen LogP contribution is 2.20. The third-order valence-electron chi connectivity index (χ3n) is 2.24. The number of rotatable bonds is 4. The lowest BCUT2D eigenvalue weighted by atomic mass is 10.3. The topological polar surface area (TPSA) is 90.4 Å². The maximum atomic E-state index is 10.9. The number of esters is 1. The van der Waals surface area contributed by atoms with Crippen LogP contribution in [0.15, 0.2) is 22.6 Å². The number of nitrogen functional groups attached to an aromatic ring is 1. The number of carbonyl (C=O) groups is 1. The molecule has 0 aliphatic carbocycles. The van der Waals surface area contributed by atoms with E-state index in [9.17, 15) is 4.79 Å². The molecule has 1 aromatic heterocycles. The number of hydrogen-bond donors (Lipinski definition) is 2. The monoisotopic (exact) mass is 235 g/mol. The minimum absolute atomic E-state index is 0.261. The number of anilines is 2. The van der Waals surface area contributed by atoms with Gasteiger partial charge in [0.1, 0.15) is 5.52 Å². The van der Waals surface area contributed by atoms with Gasteiger partial charge in [-0.1, -0.05) is 0 Å². The van der Waals surface area contributed by atoms with Crippen LogP contribution in [0, 0.1) is 0 Å². The van der Waals surface area contributed by atoms with Gasteiger partial charge in [0.05, 0.1) is 13.5 Å². The van der Waals surface area contributed by atoms with E-state index < -0.39 is 0 Å². The number of oxazole rings is 1. The van der Waals surface area contributed by atoms with E-state index in [4.69, 9.17) is 10.2 Å². The summed E-state index contributed by atoms with van der Waals surface area (Å²) in [7, 11) is 1.35. The van der Waals surface area contributed by atoms with Gasteiger partial charge in [0.25, 0.3) is 6.01 Å². The molecule has 2 rings (SSSR count). The van der Waals surface area contributed by atoms with Gasteiger partial charge in [-0.15, -0.1) is 0 Å². The summed E-state index contributed by atoms with van der Waals surface area (Å²) >= 11 is 0. The van der Waals surface area contributed by atoms with Gasteiger partial charge in [0.2, 0.25) is 0 Å². The van der Waals surface area contributed by atoms with Crippen molar-refractivity contribution in [1.29, 1.82) is 0 Å². The summed E-state index contributed by atoms with van der Waals surface area (Å²) in [5.74, 6) is -0.280. The molecule has 1 heterocycles. The standard InChI is InChI=1S/C11H13N3O3/c1-16-10(15)4-5-13-11-14-8-6-7(12)2-3-9(8)17-11/h2-3,6H,4-5,12H2,1H3,(H,13,14). The van der Waals surface area contributed by atoms with Crippen LogP contribution in [-0.4, -0.2) is 24.6 Å². The molecule has 6 nitrogen and oxygen atoms in total. The molecule has 3 N–H and O–H groups in total. The summed E-state index contributed by atoms with van der Waals surface area (Å²) in [6.07, 6.45) is 0.261. The molecule has 0 bridgehead atoms. The minimum atomic E-state index is -0.280. The molecule has 2 aromatic rings. The Morgan fingerprint density at radius 2 is 2.41 bits per heavy atom. The van der Waals surface area contributed by atoms with Crippen molar-refractivity contribution in [2.24, 2.45) is 0 Å². The molecule has 0 amide bonds. The van der Waals surface area contributed by atoms with Gasteiger partial charge in [-0.3, -0.25) is 4.79 Å². The molecule has 6 heteroatoms.